The largest absolute Gasteiger partial charge is 0.495 e. The van der Waals surface area contributed by atoms with Gasteiger partial charge in [-0.2, -0.15) is 0 Å². The highest BCUT2D eigenvalue weighted by atomic mass is 16.6. The lowest BCUT2D eigenvalue weighted by molar-refractivity contribution is -0.151. The van der Waals surface area contributed by atoms with E-state index in [1.165, 1.54) is 7.11 Å². The number of unbranched alkanes of at least 4 members (excludes halogenated alkanes) is 1. The van der Waals surface area contributed by atoms with Crippen LogP contribution in [0, 0.1) is 0 Å². The normalized spacial score (nSPS) is 12.4. The molecule has 0 N–H and O–H groups in total. The Balaban J connectivity index is 4.38. The number of hydrogen-bond donors (Lipinski definition) is 0. The summed E-state index contributed by atoms with van der Waals surface area (Å²) in [6, 6.07) is 0. The SMILES string of the molecule is C=C(OCC)C(/C=C/CCC)OC(=O)COC. The summed E-state index contributed by atoms with van der Waals surface area (Å²) in [7, 11) is 1.44. The minimum Gasteiger partial charge on any atom is -0.495 e. The highest BCUT2D eigenvalue weighted by molar-refractivity contribution is 5.71. The van der Waals surface area contributed by atoms with Crippen LogP contribution in [0.1, 0.15) is 26.7 Å². The van der Waals surface area contributed by atoms with Gasteiger partial charge in [0.05, 0.1) is 6.61 Å². The van der Waals surface area contributed by atoms with Gasteiger partial charge < -0.3 is 14.2 Å². The maximum atomic E-state index is 11.3. The molecule has 0 bridgehead atoms. The van der Waals surface area contributed by atoms with Gasteiger partial charge in [0.25, 0.3) is 0 Å². The Kier molecular flexibility index (Phi) is 9.15. The van der Waals surface area contributed by atoms with Crippen molar-refractivity contribution in [2.45, 2.75) is 32.8 Å². The second-order valence-corrected chi connectivity index (χ2v) is 3.46. The molecule has 17 heavy (non-hydrogen) atoms. The molecule has 1 unspecified atom stereocenters. The van der Waals surface area contributed by atoms with E-state index in [0.717, 1.165) is 12.8 Å². The third-order valence-electron chi connectivity index (χ3n) is 1.93. The molecule has 0 heterocycles. The highest BCUT2D eigenvalue weighted by Gasteiger charge is 2.15. The number of methoxy groups -OCH3 is 1. The first-order valence-electron chi connectivity index (χ1n) is 5.82. The van der Waals surface area contributed by atoms with E-state index >= 15 is 0 Å². The molecule has 98 valence electrons. The van der Waals surface area contributed by atoms with Crippen molar-refractivity contribution in [3.05, 3.63) is 24.5 Å². The van der Waals surface area contributed by atoms with Gasteiger partial charge in [0.2, 0.25) is 0 Å². The number of ether oxygens (including phenoxy) is 3. The minimum atomic E-state index is -0.538. The smallest absolute Gasteiger partial charge is 0.333 e. The number of hydrogen-bond acceptors (Lipinski definition) is 4. The van der Waals surface area contributed by atoms with Crippen LogP contribution in [0.5, 0.6) is 0 Å². The van der Waals surface area contributed by atoms with Crippen molar-refractivity contribution in [1.82, 2.24) is 0 Å². The van der Waals surface area contributed by atoms with E-state index < -0.39 is 12.1 Å². The number of esters is 1. The van der Waals surface area contributed by atoms with Gasteiger partial charge in [-0.15, -0.1) is 0 Å². The summed E-state index contributed by atoms with van der Waals surface area (Å²) in [6.45, 7) is 8.11. The van der Waals surface area contributed by atoms with Gasteiger partial charge in [-0.1, -0.05) is 26.0 Å². The molecule has 4 nitrogen and oxygen atoms in total. The number of carbonyl (C=O) groups is 1. The molecule has 0 aromatic rings. The molecule has 0 saturated heterocycles. The molecule has 4 heteroatoms. The van der Waals surface area contributed by atoms with Gasteiger partial charge in [0, 0.05) is 7.11 Å². The average molecular weight is 242 g/mol. The van der Waals surface area contributed by atoms with Gasteiger partial charge in [0.1, 0.15) is 12.4 Å². The van der Waals surface area contributed by atoms with Crippen LogP contribution in [0.2, 0.25) is 0 Å². The molecule has 0 aromatic carbocycles. The Bertz CT molecular complexity index is 258. The fourth-order valence-corrected chi connectivity index (χ4v) is 1.16. The Morgan fingerprint density at radius 2 is 2.12 bits per heavy atom. The van der Waals surface area contributed by atoms with Gasteiger partial charge in [-0.05, 0) is 19.4 Å². The van der Waals surface area contributed by atoms with Crippen molar-refractivity contribution < 1.29 is 19.0 Å². The molecule has 0 rings (SSSR count). The average Bonchev–Trinajstić information content (AvgIpc) is 2.28. The number of allylic oxidation sites excluding steroid dienone is 1. The molecular weight excluding hydrogens is 220 g/mol. The van der Waals surface area contributed by atoms with E-state index in [0.29, 0.717) is 12.4 Å². The van der Waals surface area contributed by atoms with Gasteiger partial charge in [-0.25, -0.2) is 4.79 Å². The molecule has 0 radical (unpaired) electrons. The van der Waals surface area contributed by atoms with E-state index in [-0.39, 0.29) is 6.61 Å². The zero-order valence-corrected chi connectivity index (χ0v) is 10.9. The second-order valence-electron chi connectivity index (χ2n) is 3.46. The van der Waals surface area contributed by atoms with Crippen molar-refractivity contribution in [3.63, 3.8) is 0 Å². The molecule has 0 fully saturated rings. The number of rotatable bonds is 9. The summed E-state index contributed by atoms with van der Waals surface area (Å²) in [5.41, 5.74) is 0. The topological polar surface area (TPSA) is 44.8 Å². The zero-order chi connectivity index (χ0) is 13.1. The Hall–Kier alpha value is -1.29. The lowest BCUT2D eigenvalue weighted by Crippen LogP contribution is -2.22. The third-order valence-corrected chi connectivity index (χ3v) is 1.93. The van der Waals surface area contributed by atoms with E-state index in [2.05, 4.69) is 13.5 Å². The molecule has 0 saturated carbocycles. The van der Waals surface area contributed by atoms with Crippen molar-refractivity contribution in [3.8, 4) is 0 Å². The molecule has 0 aliphatic heterocycles. The first kappa shape index (κ1) is 15.7. The van der Waals surface area contributed by atoms with Crippen LogP contribution in [0.4, 0.5) is 0 Å². The van der Waals surface area contributed by atoms with Crippen LogP contribution in [0.15, 0.2) is 24.5 Å². The Morgan fingerprint density at radius 1 is 1.41 bits per heavy atom. The molecule has 1 atom stereocenters. The van der Waals surface area contributed by atoms with Crippen LogP contribution < -0.4 is 0 Å². The van der Waals surface area contributed by atoms with Gasteiger partial charge >= 0.3 is 5.97 Å². The minimum absolute atomic E-state index is 0.0719. The summed E-state index contributed by atoms with van der Waals surface area (Å²) in [6.07, 6.45) is 5.17. The quantitative estimate of drug-likeness (QED) is 0.354. The van der Waals surface area contributed by atoms with Crippen LogP contribution in [-0.2, 0) is 19.0 Å². The van der Waals surface area contributed by atoms with Crippen LogP contribution >= 0.6 is 0 Å². The van der Waals surface area contributed by atoms with Crippen LogP contribution in [-0.4, -0.2) is 32.4 Å². The summed E-state index contributed by atoms with van der Waals surface area (Å²) < 4.78 is 15.1. The predicted molar refractivity (Wildman–Crippen MR) is 66.6 cm³/mol. The van der Waals surface area contributed by atoms with Gasteiger partial charge in [-0.3, -0.25) is 0 Å². The summed E-state index contributed by atoms with van der Waals surface area (Å²) in [4.78, 5) is 11.3. The monoisotopic (exact) mass is 242 g/mol. The summed E-state index contributed by atoms with van der Waals surface area (Å²) in [5.74, 6) is 0.00353. The van der Waals surface area contributed by atoms with E-state index in [9.17, 15) is 4.79 Å². The maximum absolute atomic E-state index is 11.3. The highest BCUT2D eigenvalue weighted by Crippen LogP contribution is 2.09. The van der Waals surface area contributed by atoms with E-state index in [4.69, 9.17) is 14.2 Å². The molecule has 0 aliphatic rings. The molecule has 0 aromatic heterocycles. The Labute approximate surface area is 103 Å². The summed E-state index contributed by atoms with van der Waals surface area (Å²) in [5, 5.41) is 0. The van der Waals surface area contributed by atoms with E-state index in [1.54, 1.807) is 6.08 Å². The zero-order valence-electron chi connectivity index (χ0n) is 10.9. The first-order valence-corrected chi connectivity index (χ1v) is 5.82. The molecule has 0 aliphatic carbocycles. The molecule has 0 amide bonds. The summed E-state index contributed by atoms with van der Waals surface area (Å²) >= 11 is 0. The van der Waals surface area contributed by atoms with Crippen molar-refractivity contribution in [1.29, 1.82) is 0 Å². The molecular formula is C13H22O4. The molecule has 0 spiro atoms. The number of carbonyl (C=O) groups excluding carboxylic acids is 1. The lowest BCUT2D eigenvalue weighted by atomic mass is 10.2. The predicted octanol–water partition coefficient (Wildman–Crippen LogP) is 2.45. The lowest BCUT2D eigenvalue weighted by Gasteiger charge is -2.16. The third kappa shape index (κ3) is 7.58. The fourth-order valence-electron chi connectivity index (χ4n) is 1.16. The van der Waals surface area contributed by atoms with Crippen LogP contribution in [0.3, 0.4) is 0 Å². The van der Waals surface area contributed by atoms with E-state index in [1.807, 2.05) is 13.0 Å². The second kappa shape index (κ2) is 9.90. The van der Waals surface area contributed by atoms with Gasteiger partial charge in [0.15, 0.2) is 6.10 Å². The van der Waals surface area contributed by atoms with Crippen molar-refractivity contribution >= 4 is 5.97 Å². The standard InChI is InChI=1S/C13H22O4/c1-5-7-8-9-12(11(3)16-6-2)17-13(14)10-15-4/h8-9,12H,3,5-7,10H2,1-2,4H3/b9-8+. The maximum Gasteiger partial charge on any atom is 0.333 e. The Morgan fingerprint density at radius 3 is 2.65 bits per heavy atom. The fraction of sp³-hybridized carbons (Fsp3) is 0.615. The van der Waals surface area contributed by atoms with Crippen molar-refractivity contribution in [2.24, 2.45) is 0 Å². The van der Waals surface area contributed by atoms with Crippen molar-refractivity contribution in [2.75, 3.05) is 20.3 Å². The van der Waals surface area contributed by atoms with Crippen LogP contribution in [0.25, 0.3) is 0 Å². The first-order chi connectivity index (χ1) is 8.15.